The molecule has 0 aliphatic heterocycles. The third kappa shape index (κ3) is 2.19. The molecular formula is C11H13F. The van der Waals surface area contributed by atoms with Crippen LogP contribution in [0.25, 0.3) is 0 Å². The highest BCUT2D eigenvalue weighted by molar-refractivity contribution is 5.20. The molecule has 1 aromatic carbocycles. The van der Waals surface area contributed by atoms with Gasteiger partial charge in [0, 0.05) is 0 Å². The van der Waals surface area contributed by atoms with Gasteiger partial charge in [0.25, 0.3) is 0 Å². The van der Waals surface area contributed by atoms with E-state index in [0.717, 1.165) is 12.0 Å². The van der Waals surface area contributed by atoms with Crippen LogP contribution in [0.2, 0.25) is 0 Å². The number of allylic oxidation sites excluding steroid dienone is 1. The fourth-order valence-electron chi connectivity index (χ4n) is 1.18. The first-order valence-electron chi connectivity index (χ1n) is 4.10. The van der Waals surface area contributed by atoms with Crippen molar-refractivity contribution in [1.29, 1.82) is 0 Å². The van der Waals surface area contributed by atoms with Crippen molar-refractivity contribution in [2.24, 2.45) is 0 Å². The highest BCUT2D eigenvalue weighted by atomic mass is 19.1. The fraction of sp³-hybridized carbons (Fsp3) is 0.273. The molecule has 64 valence electrons. The standard InChI is InChI=1S/C11H13F/c1-3-4-9(2)10-5-7-11(12)8-6-10/h3,5-9H,1,4H2,2H3. The van der Waals surface area contributed by atoms with Crippen LogP contribution in [0.5, 0.6) is 0 Å². The third-order valence-corrected chi connectivity index (χ3v) is 1.96. The molecule has 1 unspecified atom stereocenters. The van der Waals surface area contributed by atoms with Crippen molar-refractivity contribution in [2.75, 3.05) is 0 Å². The minimum absolute atomic E-state index is 0.176. The van der Waals surface area contributed by atoms with Crippen molar-refractivity contribution in [3.8, 4) is 0 Å². The minimum Gasteiger partial charge on any atom is -0.207 e. The molecule has 0 amide bonds. The van der Waals surface area contributed by atoms with E-state index >= 15 is 0 Å². The van der Waals surface area contributed by atoms with E-state index < -0.39 is 0 Å². The second kappa shape index (κ2) is 4.05. The van der Waals surface area contributed by atoms with E-state index in [0.29, 0.717) is 5.92 Å². The summed E-state index contributed by atoms with van der Waals surface area (Å²) in [4.78, 5) is 0. The van der Waals surface area contributed by atoms with E-state index in [1.807, 2.05) is 18.2 Å². The molecule has 0 aromatic heterocycles. The van der Waals surface area contributed by atoms with Gasteiger partial charge in [-0.3, -0.25) is 0 Å². The van der Waals surface area contributed by atoms with Crippen molar-refractivity contribution in [2.45, 2.75) is 19.3 Å². The number of halogens is 1. The van der Waals surface area contributed by atoms with E-state index in [-0.39, 0.29) is 5.82 Å². The lowest BCUT2D eigenvalue weighted by Crippen LogP contribution is -1.91. The van der Waals surface area contributed by atoms with E-state index in [1.54, 1.807) is 0 Å². The second-order valence-electron chi connectivity index (χ2n) is 2.98. The zero-order chi connectivity index (χ0) is 8.97. The van der Waals surface area contributed by atoms with Gasteiger partial charge in [0.1, 0.15) is 5.82 Å². The summed E-state index contributed by atoms with van der Waals surface area (Å²) in [6.07, 6.45) is 2.82. The van der Waals surface area contributed by atoms with Crippen LogP contribution >= 0.6 is 0 Å². The first-order valence-corrected chi connectivity index (χ1v) is 4.10. The van der Waals surface area contributed by atoms with Gasteiger partial charge in [-0.15, -0.1) is 6.58 Å². The van der Waals surface area contributed by atoms with Gasteiger partial charge in [-0.25, -0.2) is 4.39 Å². The Hall–Kier alpha value is -1.11. The van der Waals surface area contributed by atoms with Crippen LogP contribution in [0.3, 0.4) is 0 Å². The quantitative estimate of drug-likeness (QED) is 0.600. The molecule has 0 saturated carbocycles. The van der Waals surface area contributed by atoms with Crippen molar-refractivity contribution < 1.29 is 4.39 Å². The summed E-state index contributed by atoms with van der Waals surface area (Å²) in [5.41, 5.74) is 1.16. The molecule has 0 heterocycles. The summed E-state index contributed by atoms with van der Waals surface area (Å²) < 4.78 is 12.5. The lowest BCUT2D eigenvalue weighted by Gasteiger charge is -2.07. The van der Waals surface area contributed by atoms with Crippen LogP contribution in [-0.4, -0.2) is 0 Å². The van der Waals surface area contributed by atoms with Gasteiger partial charge in [0.2, 0.25) is 0 Å². The maximum absolute atomic E-state index is 12.5. The summed E-state index contributed by atoms with van der Waals surface area (Å²) in [5, 5.41) is 0. The van der Waals surface area contributed by atoms with Gasteiger partial charge in [0.15, 0.2) is 0 Å². The van der Waals surface area contributed by atoms with Gasteiger partial charge in [-0.2, -0.15) is 0 Å². The second-order valence-corrected chi connectivity index (χ2v) is 2.98. The van der Waals surface area contributed by atoms with Gasteiger partial charge in [-0.05, 0) is 30.0 Å². The normalized spacial score (nSPS) is 12.5. The molecule has 1 atom stereocenters. The van der Waals surface area contributed by atoms with E-state index in [9.17, 15) is 4.39 Å². The molecule has 0 bridgehead atoms. The van der Waals surface area contributed by atoms with Gasteiger partial charge in [-0.1, -0.05) is 25.1 Å². The molecule has 0 spiro atoms. The third-order valence-electron chi connectivity index (χ3n) is 1.96. The van der Waals surface area contributed by atoms with Crippen molar-refractivity contribution in [3.63, 3.8) is 0 Å². The Labute approximate surface area is 72.7 Å². The predicted octanol–water partition coefficient (Wildman–Crippen LogP) is 3.51. The lowest BCUT2D eigenvalue weighted by atomic mass is 9.98. The zero-order valence-corrected chi connectivity index (χ0v) is 7.26. The Balaban J connectivity index is 2.74. The minimum atomic E-state index is -0.176. The zero-order valence-electron chi connectivity index (χ0n) is 7.26. The molecule has 0 fully saturated rings. The molecule has 0 radical (unpaired) electrons. The van der Waals surface area contributed by atoms with E-state index in [4.69, 9.17) is 0 Å². The highest BCUT2D eigenvalue weighted by Crippen LogP contribution is 2.18. The van der Waals surface area contributed by atoms with E-state index in [2.05, 4.69) is 13.5 Å². The van der Waals surface area contributed by atoms with Crippen molar-refractivity contribution >= 4 is 0 Å². The Bertz CT molecular complexity index is 248. The van der Waals surface area contributed by atoms with Crippen LogP contribution in [0.15, 0.2) is 36.9 Å². The molecule has 12 heavy (non-hydrogen) atoms. The summed E-state index contributed by atoms with van der Waals surface area (Å²) in [7, 11) is 0. The van der Waals surface area contributed by atoms with Crippen LogP contribution in [0.4, 0.5) is 4.39 Å². The average Bonchev–Trinajstić information content (AvgIpc) is 2.06. The first-order chi connectivity index (χ1) is 5.74. The van der Waals surface area contributed by atoms with Crippen LogP contribution < -0.4 is 0 Å². The van der Waals surface area contributed by atoms with E-state index in [1.165, 1.54) is 12.1 Å². The Kier molecular flexibility index (Phi) is 3.03. The molecular weight excluding hydrogens is 151 g/mol. The summed E-state index contributed by atoms with van der Waals surface area (Å²) in [5.74, 6) is 0.257. The van der Waals surface area contributed by atoms with Gasteiger partial charge in [0.05, 0.1) is 0 Å². The SMILES string of the molecule is C=CCC(C)c1ccc(F)cc1. The average molecular weight is 164 g/mol. The topological polar surface area (TPSA) is 0 Å². The molecule has 1 aromatic rings. The lowest BCUT2D eigenvalue weighted by molar-refractivity contribution is 0.625. The summed E-state index contributed by atoms with van der Waals surface area (Å²) in [6, 6.07) is 6.64. The van der Waals surface area contributed by atoms with Gasteiger partial charge < -0.3 is 0 Å². The number of hydrogen-bond acceptors (Lipinski definition) is 0. The number of rotatable bonds is 3. The van der Waals surface area contributed by atoms with Crippen LogP contribution in [-0.2, 0) is 0 Å². The van der Waals surface area contributed by atoms with Crippen molar-refractivity contribution in [1.82, 2.24) is 0 Å². The molecule has 0 aliphatic rings. The molecule has 0 saturated heterocycles. The predicted molar refractivity (Wildman–Crippen MR) is 49.6 cm³/mol. The first kappa shape index (κ1) is 8.98. The number of hydrogen-bond donors (Lipinski definition) is 0. The Morgan fingerprint density at radius 1 is 1.42 bits per heavy atom. The largest absolute Gasteiger partial charge is 0.207 e. The van der Waals surface area contributed by atoms with Gasteiger partial charge >= 0.3 is 0 Å². The molecule has 0 N–H and O–H groups in total. The summed E-state index contributed by atoms with van der Waals surface area (Å²) in [6.45, 7) is 5.78. The maximum atomic E-state index is 12.5. The van der Waals surface area contributed by atoms with Crippen LogP contribution in [0.1, 0.15) is 24.8 Å². The fourth-order valence-corrected chi connectivity index (χ4v) is 1.18. The monoisotopic (exact) mass is 164 g/mol. The Morgan fingerprint density at radius 2 is 2.00 bits per heavy atom. The Morgan fingerprint density at radius 3 is 2.50 bits per heavy atom. The smallest absolute Gasteiger partial charge is 0.123 e. The highest BCUT2D eigenvalue weighted by Gasteiger charge is 2.02. The van der Waals surface area contributed by atoms with Crippen LogP contribution in [0, 0.1) is 5.82 Å². The van der Waals surface area contributed by atoms with Crippen molar-refractivity contribution in [3.05, 3.63) is 48.3 Å². The molecule has 0 nitrogen and oxygen atoms in total. The molecule has 1 heteroatoms. The molecule has 0 aliphatic carbocycles. The molecule has 1 rings (SSSR count). The maximum Gasteiger partial charge on any atom is 0.123 e. The number of benzene rings is 1. The summed E-state index contributed by atoms with van der Waals surface area (Å²) >= 11 is 0.